The van der Waals surface area contributed by atoms with E-state index in [2.05, 4.69) is 6.58 Å². The molecule has 0 radical (unpaired) electrons. The number of aliphatic hydroxyl groups is 2. The Kier molecular flexibility index (Phi) is 3.32. The molecule has 0 spiro atoms. The van der Waals surface area contributed by atoms with Gasteiger partial charge in [0.15, 0.2) is 0 Å². The summed E-state index contributed by atoms with van der Waals surface area (Å²) in [6.07, 6.45) is -2.27. The molecule has 0 aliphatic rings. The van der Waals surface area contributed by atoms with Crippen LogP contribution in [0.4, 0.5) is 0 Å². The van der Waals surface area contributed by atoms with Crippen LogP contribution in [0, 0.1) is 0 Å². The topological polar surface area (TPSA) is 70.7 Å². The largest absolute Gasteiger partial charge is 0.422 e. The molecule has 0 bridgehead atoms. The molecule has 2 rings (SSSR count). The van der Waals surface area contributed by atoms with Gasteiger partial charge in [0.25, 0.3) is 0 Å². The Balaban J connectivity index is 2.60. The first-order valence-electron chi connectivity index (χ1n) is 5.55. The Morgan fingerprint density at radius 1 is 1.28 bits per heavy atom. The van der Waals surface area contributed by atoms with Gasteiger partial charge >= 0.3 is 5.63 Å². The molecular formula is C14H14O4. The van der Waals surface area contributed by atoms with Gasteiger partial charge in [-0.2, -0.15) is 0 Å². The predicted molar refractivity (Wildman–Crippen MR) is 68.3 cm³/mol. The van der Waals surface area contributed by atoms with Crippen molar-refractivity contribution in [3.63, 3.8) is 0 Å². The van der Waals surface area contributed by atoms with E-state index in [-0.39, 0.29) is 5.58 Å². The van der Waals surface area contributed by atoms with Crippen molar-refractivity contribution in [2.45, 2.75) is 19.1 Å². The fraction of sp³-hybridized carbons (Fsp3) is 0.214. The fourth-order valence-electron chi connectivity index (χ4n) is 1.79. The normalized spacial score (nSPS) is 14.4. The van der Waals surface area contributed by atoms with E-state index < -0.39 is 17.8 Å². The van der Waals surface area contributed by atoms with Gasteiger partial charge in [-0.25, -0.2) is 4.79 Å². The van der Waals surface area contributed by atoms with Gasteiger partial charge in [-0.05, 0) is 18.6 Å². The number of hydrogen-bond acceptors (Lipinski definition) is 4. The second-order valence-corrected chi connectivity index (χ2v) is 4.26. The van der Waals surface area contributed by atoms with Crippen molar-refractivity contribution in [2.75, 3.05) is 0 Å². The van der Waals surface area contributed by atoms with Crippen LogP contribution < -0.4 is 5.63 Å². The Bertz CT molecular complexity index is 642. The number of benzene rings is 1. The fourth-order valence-corrected chi connectivity index (χ4v) is 1.79. The van der Waals surface area contributed by atoms with E-state index in [0.717, 1.165) is 0 Å². The van der Waals surface area contributed by atoms with Crippen molar-refractivity contribution in [1.29, 1.82) is 0 Å². The van der Waals surface area contributed by atoms with Gasteiger partial charge in [0.05, 0.1) is 0 Å². The minimum absolute atomic E-state index is 0.290. The third kappa shape index (κ3) is 2.20. The second-order valence-electron chi connectivity index (χ2n) is 4.26. The van der Waals surface area contributed by atoms with E-state index in [0.29, 0.717) is 16.5 Å². The maximum atomic E-state index is 11.2. The Labute approximate surface area is 104 Å². The lowest BCUT2D eigenvalue weighted by atomic mass is 9.98. The van der Waals surface area contributed by atoms with Gasteiger partial charge in [-0.15, -0.1) is 0 Å². The maximum Gasteiger partial charge on any atom is 0.336 e. The van der Waals surface area contributed by atoms with Crippen LogP contribution in [-0.4, -0.2) is 16.3 Å². The Hall–Kier alpha value is -1.91. The zero-order valence-corrected chi connectivity index (χ0v) is 9.96. The van der Waals surface area contributed by atoms with Crippen LogP contribution in [0.3, 0.4) is 0 Å². The molecule has 0 aliphatic carbocycles. The molecule has 2 aromatic rings. The van der Waals surface area contributed by atoms with Crippen molar-refractivity contribution in [1.82, 2.24) is 0 Å². The number of fused-ring (bicyclic) bond motifs is 1. The zero-order valence-electron chi connectivity index (χ0n) is 9.96. The lowest BCUT2D eigenvalue weighted by Gasteiger charge is -2.18. The minimum atomic E-state index is -1.17. The first-order chi connectivity index (χ1) is 8.50. The van der Waals surface area contributed by atoms with E-state index >= 15 is 0 Å². The lowest BCUT2D eigenvalue weighted by Crippen LogP contribution is -2.19. The predicted octanol–water partition coefficient (Wildman–Crippen LogP) is 1.76. The summed E-state index contributed by atoms with van der Waals surface area (Å²) in [5.41, 5.74) is 0.614. The first-order valence-corrected chi connectivity index (χ1v) is 5.55. The summed E-state index contributed by atoms with van der Waals surface area (Å²) in [6, 6.07) is 8.04. The van der Waals surface area contributed by atoms with Crippen LogP contribution >= 0.6 is 0 Å². The van der Waals surface area contributed by atoms with Crippen LogP contribution in [0.5, 0.6) is 0 Å². The molecular weight excluding hydrogens is 232 g/mol. The Morgan fingerprint density at radius 2 is 2.00 bits per heavy atom. The van der Waals surface area contributed by atoms with Crippen molar-refractivity contribution < 1.29 is 14.6 Å². The van der Waals surface area contributed by atoms with Gasteiger partial charge < -0.3 is 14.6 Å². The molecule has 1 aromatic heterocycles. The van der Waals surface area contributed by atoms with Gasteiger partial charge in [0.2, 0.25) is 0 Å². The quantitative estimate of drug-likeness (QED) is 0.639. The summed E-state index contributed by atoms with van der Waals surface area (Å²) in [6.45, 7) is 5.22. The van der Waals surface area contributed by atoms with Crippen LogP contribution in [0.2, 0.25) is 0 Å². The summed E-state index contributed by atoms with van der Waals surface area (Å²) < 4.78 is 5.09. The Morgan fingerprint density at radius 3 is 2.67 bits per heavy atom. The third-order valence-electron chi connectivity index (χ3n) is 2.80. The number of aliphatic hydroxyl groups excluding tert-OH is 2. The smallest absolute Gasteiger partial charge is 0.336 e. The van der Waals surface area contributed by atoms with Crippen molar-refractivity contribution in [3.05, 3.63) is 58.5 Å². The molecule has 1 heterocycles. The summed E-state index contributed by atoms with van der Waals surface area (Å²) in [4.78, 5) is 11.2. The summed E-state index contributed by atoms with van der Waals surface area (Å²) in [7, 11) is 0. The highest BCUT2D eigenvalue weighted by atomic mass is 16.4. The van der Waals surface area contributed by atoms with Gasteiger partial charge in [-0.1, -0.05) is 24.8 Å². The molecule has 0 fully saturated rings. The van der Waals surface area contributed by atoms with E-state index in [9.17, 15) is 15.0 Å². The lowest BCUT2D eigenvalue weighted by molar-refractivity contribution is 0.0418. The van der Waals surface area contributed by atoms with E-state index in [4.69, 9.17) is 4.42 Å². The molecule has 94 valence electrons. The van der Waals surface area contributed by atoms with Gasteiger partial charge in [-0.3, -0.25) is 0 Å². The molecule has 18 heavy (non-hydrogen) atoms. The number of para-hydroxylation sites is 1. The van der Waals surface area contributed by atoms with E-state index in [1.807, 2.05) is 0 Å². The minimum Gasteiger partial charge on any atom is -0.422 e. The monoisotopic (exact) mass is 246 g/mol. The van der Waals surface area contributed by atoms with Crippen molar-refractivity contribution in [3.8, 4) is 0 Å². The second kappa shape index (κ2) is 4.76. The standard InChI is InChI=1S/C14H14O4/c1-8(2)12(16)13(17)10-5-3-4-9-6-7-11(15)18-14(9)10/h3-7,12-13,16-17H,1H2,2H3. The van der Waals surface area contributed by atoms with Crippen LogP contribution in [0.15, 0.2) is 51.7 Å². The average Bonchev–Trinajstić information content (AvgIpc) is 2.36. The zero-order chi connectivity index (χ0) is 13.3. The highest BCUT2D eigenvalue weighted by Crippen LogP contribution is 2.27. The SMILES string of the molecule is C=C(C)C(O)C(O)c1cccc2ccc(=O)oc12. The van der Waals surface area contributed by atoms with Gasteiger partial charge in [0, 0.05) is 17.0 Å². The van der Waals surface area contributed by atoms with Crippen LogP contribution in [0.25, 0.3) is 11.0 Å². The molecule has 0 saturated carbocycles. The molecule has 4 nitrogen and oxygen atoms in total. The summed E-state index contributed by atoms with van der Waals surface area (Å²) in [5.74, 6) is 0. The molecule has 0 saturated heterocycles. The van der Waals surface area contributed by atoms with E-state index in [1.165, 1.54) is 6.07 Å². The molecule has 2 atom stereocenters. The van der Waals surface area contributed by atoms with E-state index in [1.54, 1.807) is 31.2 Å². The highest BCUT2D eigenvalue weighted by Gasteiger charge is 2.22. The van der Waals surface area contributed by atoms with Gasteiger partial charge in [0.1, 0.15) is 17.8 Å². The van der Waals surface area contributed by atoms with Crippen LogP contribution in [-0.2, 0) is 0 Å². The summed E-state index contributed by atoms with van der Waals surface area (Å²) >= 11 is 0. The molecule has 4 heteroatoms. The van der Waals surface area contributed by atoms with Crippen molar-refractivity contribution >= 4 is 11.0 Å². The summed E-state index contributed by atoms with van der Waals surface area (Å²) in [5, 5.41) is 20.6. The highest BCUT2D eigenvalue weighted by molar-refractivity contribution is 5.80. The van der Waals surface area contributed by atoms with Crippen LogP contribution in [0.1, 0.15) is 18.6 Å². The maximum absolute atomic E-state index is 11.2. The first kappa shape index (κ1) is 12.5. The number of hydrogen-bond donors (Lipinski definition) is 2. The molecule has 0 aliphatic heterocycles. The molecule has 2 unspecified atom stereocenters. The molecule has 2 N–H and O–H groups in total. The third-order valence-corrected chi connectivity index (χ3v) is 2.80. The molecule has 1 aromatic carbocycles. The number of rotatable bonds is 3. The molecule has 0 amide bonds. The van der Waals surface area contributed by atoms with Crippen molar-refractivity contribution in [2.24, 2.45) is 0 Å². The average molecular weight is 246 g/mol.